The number of nitrogens with zero attached hydrogens (tertiary/aromatic N) is 5. The fourth-order valence-corrected chi connectivity index (χ4v) is 7.04. The predicted molar refractivity (Wildman–Crippen MR) is 177 cm³/mol. The Balaban J connectivity index is 1.33. The predicted octanol–water partition coefficient (Wildman–Crippen LogP) is 6.37. The molecule has 5 rings (SSSR count). The van der Waals surface area contributed by atoms with Crippen molar-refractivity contribution in [2.75, 3.05) is 79.5 Å². The molecule has 0 N–H and O–H groups in total. The minimum atomic E-state index is 0.750. The lowest BCUT2D eigenvalue weighted by molar-refractivity contribution is 0.153. The third-order valence-electron chi connectivity index (χ3n) is 10.0. The van der Waals surface area contributed by atoms with Gasteiger partial charge >= 0.3 is 0 Å². The third kappa shape index (κ3) is 8.13. The first-order valence-corrected chi connectivity index (χ1v) is 16.9. The molecule has 2 aliphatic heterocycles. The van der Waals surface area contributed by atoms with Gasteiger partial charge in [-0.3, -0.25) is 0 Å². The van der Waals surface area contributed by atoms with E-state index in [2.05, 4.69) is 88.5 Å². The van der Waals surface area contributed by atoms with Crippen LogP contribution >= 0.6 is 0 Å². The first-order chi connectivity index (χ1) is 20.0. The van der Waals surface area contributed by atoms with Crippen LogP contribution in [0.5, 0.6) is 0 Å². The number of benzene rings is 2. The monoisotopic (exact) mass is 559 g/mol. The summed E-state index contributed by atoms with van der Waals surface area (Å²) in [5, 5.41) is 2.95. The summed E-state index contributed by atoms with van der Waals surface area (Å²) in [5.74, 6) is 0.750. The summed E-state index contributed by atoms with van der Waals surface area (Å²) >= 11 is 0. The van der Waals surface area contributed by atoms with Crippen LogP contribution in [0.25, 0.3) is 21.8 Å². The van der Waals surface area contributed by atoms with Crippen LogP contribution in [0.1, 0.15) is 63.5 Å². The van der Waals surface area contributed by atoms with Crippen molar-refractivity contribution >= 4 is 21.8 Å². The Morgan fingerprint density at radius 3 is 1.56 bits per heavy atom. The van der Waals surface area contributed by atoms with Crippen molar-refractivity contribution in [2.45, 2.75) is 71.8 Å². The number of rotatable bonds is 14. The first-order valence-electron chi connectivity index (χ1n) is 16.9. The molecule has 5 nitrogen and oxygen atoms in total. The van der Waals surface area contributed by atoms with Gasteiger partial charge in [0.25, 0.3) is 0 Å². The summed E-state index contributed by atoms with van der Waals surface area (Å²) < 4.78 is 2.66. The van der Waals surface area contributed by atoms with Gasteiger partial charge in [0.15, 0.2) is 0 Å². The quantitative estimate of drug-likeness (QED) is 0.228. The molecule has 2 saturated heterocycles. The molecule has 0 bridgehead atoms. The maximum Gasteiger partial charge on any atom is 0.0491 e. The van der Waals surface area contributed by atoms with E-state index < -0.39 is 0 Å². The van der Waals surface area contributed by atoms with Crippen molar-refractivity contribution in [1.82, 2.24) is 24.2 Å². The van der Waals surface area contributed by atoms with Gasteiger partial charge in [-0.1, -0.05) is 45.2 Å². The van der Waals surface area contributed by atoms with Crippen LogP contribution in [-0.4, -0.2) is 104 Å². The highest BCUT2D eigenvalue weighted by Gasteiger charge is 2.17. The number of aryl methyl sites for hydroxylation is 2. The zero-order valence-electron chi connectivity index (χ0n) is 26.7. The zero-order valence-corrected chi connectivity index (χ0v) is 26.7. The van der Waals surface area contributed by atoms with Gasteiger partial charge < -0.3 is 24.2 Å². The van der Waals surface area contributed by atoms with Gasteiger partial charge in [0.1, 0.15) is 0 Å². The maximum absolute atomic E-state index is 2.66. The molecule has 0 amide bonds. The van der Waals surface area contributed by atoms with E-state index in [4.69, 9.17) is 0 Å². The lowest BCUT2D eigenvalue weighted by Gasteiger charge is -2.32. The molecular formula is C36H57N5. The molecule has 0 saturated carbocycles. The van der Waals surface area contributed by atoms with E-state index in [-0.39, 0.29) is 0 Å². The van der Waals surface area contributed by atoms with Crippen LogP contribution in [-0.2, 0) is 19.4 Å². The van der Waals surface area contributed by atoms with Gasteiger partial charge in [0, 0.05) is 80.7 Å². The lowest BCUT2D eigenvalue weighted by Crippen LogP contribution is -2.44. The summed E-state index contributed by atoms with van der Waals surface area (Å²) in [4.78, 5) is 10.2. The molecule has 2 aromatic carbocycles. The molecular weight excluding hydrogens is 502 g/mol. The van der Waals surface area contributed by atoms with Crippen LogP contribution in [0, 0.1) is 5.92 Å². The molecule has 1 atom stereocenters. The SMILES string of the molecule is CCCCC(CC)Cn1c2ccc(CCCN3CCN(C)CC3)cc2c2cc(CCCN3CCN(C)CC3)ccc21. The molecule has 5 heteroatoms. The van der Waals surface area contributed by atoms with Gasteiger partial charge in [-0.15, -0.1) is 0 Å². The Labute approximate surface area is 250 Å². The maximum atomic E-state index is 2.66. The Hall–Kier alpha value is -1.92. The van der Waals surface area contributed by atoms with Crippen molar-refractivity contribution in [3.05, 3.63) is 47.5 Å². The zero-order chi connectivity index (χ0) is 28.6. The van der Waals surface area contributed by atoms with Crippen molar-refractivity contribution in [3.63, 3.8) is 0 Å². The number of hydrogen-bond donors (Lipinski definition) is 0. The lowest BCUT2D eigenvalue weighted by atomic mass is 9.99. The molecule has 3 aromatic rings. The number of hydrogen-bond acceptors (Lipinski definition) is 4. The first kappa shape index (κ1) is 30.5. The van der Waals surface area contributed by atoms with Gasteiger partial charge in [0.2, 0.25) is 0 Å². The average Bonchev–Trinajstić information content (AvgIpc) is 3.29. The summed E-state index contributed by atoms with van der Waals surface area (Å²) in [6.45, 7) is 18.0. The highest BCUT2D eigenvalue weighted by molar-refractivity contribution is 6.08. The van der Waals surface area contributed by atoms with Crippen molar-refractivity contribution in [1.29, 1.82) is 0 Å². The highest BCUT2D eigenvalue weighted by Crippen LogP contribution is 2.33. The average molecular weight is 560 g/mol. The van der Waals surface area contributed by atoms with E-state index in [9.17, 15) is 0 Å². The summed E-state index contributed by atoms with van der Waals surface area (Å²) in [6, 6.07) is 14.8. The van der Waals surface area contributed by atoms with Crippen LogP contribution in [0.3, 0.4) is 0 Å². The Bertz CT molecular complexity index is 1130. The van der Waals surface area contributed by atoms with E-state index >= 15 is 0 Å². The number of piperazine rings is 2. The Kier molecular flexibility index (Phi) is 11.2. The van der Waals surface area contributed by atoms with Crippen molar-refractivity contribution in [3.8, 4) is 0 Å². The van der Waals surface area contributed by atoms with E-state index in [1.54, 1.807) is 0 Å². The minimum absolute atomic E-state index is 0.750. The fraction of sp³-hybridized carbons (Fsp3) is 0.667. The van der Waals surface area contributed by atoms with Crippen LogP contribution in [0.15, 0.2) is 36.4 Å². The highest BCUT2D eigenvalue weighted by atomic mass is 15.2. The van der Waals surface area contributed by atoms with E-state index in [0.717, 1.165) is 12.5 Å². The second-order valence-electron chi connectivity index (χ2n) is 13.2. The van der Waals surface area contributed by atoms with Crippen LogP contribution in [0.4, 0.5) is 0 Å². The molecule has 0 spiro atoms. The number of unbranched alkanes of at least 4 members (excludes halogenated alkanes) is 1. The van der Waals surface area contributed by atoms with Gasteiger partial charge in [0.05, 0.1) is 0 Å². The van der Waals surface area contributed by atoms with Gasteiger partial charge in [-0.25, -0.2) is 0 Å². The summed E-state index contributed by atoms with van der Waals surface area (Å²) in [7, 11) is 4.49. The van der Waals surface area contributed by atoms with Gasteiger partial charge in [-0.05, 0) is 101 Å². The van der Waals surface area contributed by atoms with E-state index in [0.29, 0.717) is 0 Å². The second-order valence-corrected chi connectivity index (χ2v) is 13.2. The number of fused-ring (bicyclic) bond motifs is 3. The van der Waals surface area contributed by atoms with Crippen molar-refractivity contribution < 1.29 is 0 Å². The molecule has 226 valence electrons. The molecule has 3 heterocycles. The van der Waals surface area contributed by atoms with E-state index in [1.165, 1.54) is 150 Å². The topological polar surface area (TPSA) is 17.9 Å². The van der Waals surface area contributed by atoms with Crippen molar-refractivity contribution in [2.24, 2.45) is 5.92 Å². The minimum Gasteiger partial charge on any atom is -0.340 e. The Morgan fingerprint density at radius 1 is 0.634 bits per heavy atom. The molecule has 2 aliphatic rings. The molecule has 0 aliphatic carbocycles. The normalized spacial score (nSPS) is 19.0. The van der Waals surface area contributed by atoms with Gasteiger partial charge in [-0.2, -0.15) is 0 Å². The largest absolute Gasteiger partial charge is 0.340 e. The van der Waals surface area contributed by atoms with E-state index in [1.807, 2.05) is 0 Å². The molecule has 41 heavy (non-hydrogen) atoms. The molecule has 1 aromatic heterocycles. The summed E-state index contributed by atoms with van der Waals surface area (Å²) in [5.41, 5.74) is 5.88. The smallest absolute Gasteiger partial charge is 0.0491 e. The molecule has 2 fully saturated rings. The third-order valence-corrected chi connectivity index (χ3v) is 10.0. The standard InChI is InChI=1S/C36H57N5/c1-5-7-10-30(6-2)29-41-35-15-13-31(11-8-17-39-23-19-37(3)20-24-39)27-33(35)34-28-32(14-16-36(34)41)12-9-18-40-25-21-38(4)22-26-40/h13-16,27-28,30H,5-12,17-26,29H2,1-4H3. The fourth-order valence-electron chi connectivity index (χ4n) is 7.04. The molecule has 1 unspecified atom stereocenters. The van der Waals surface area contributed by atoms with Crippen LogP contribution in [0.2, 0.25) is 0 Å². The second kappa shape index (κ2) is 15.0. The summed E-state index contributed by atoms with van der Waals surface area (Å²) in [6.07, 6.45) is 10.1. The Morgan fingerprint density at radius 2 is 1.12 bits per heavy atom. The number of aromatic nitrogens is 1. The van der Waals surface area contributed by atoms with Crippen LogP contribution < -0.4 is 0 Å². The molecule has 0 radical (unpaired) electrons. The number of likely N-dealkylation sites (N-methyl/N-ethyl adjacent to an activating group) is 2.